The second-order valence-electron chi connectivity index (χ2n) is 9.92. The molecule has 0 heterocycles. The lowest BCUT2D eigenvalue weighted by molar-refractivity contribution is 0.201. The highest BCUT2D eigenvalue weighted by Crippen LogP contribution is 2.21. The molecule has 0 aliphatic carbocycles. The fourth-order valence-corrected chi connectivity index (χ4v) is 4.24. The number of benzene rings is 3. The van der Waals surface area contributed by atoms with Crippen LogP contribution in [0.25, 0.3) is 0 Å². The number of nitrogens with one attached hydrogen (secondary N) is 1. The molecule has 3 N–H and O–H groups in total. The van der Waals surface area contributed by atoms with E-state index in [1.165, 1.54) is 5.56 Å². The van der Waals surface area contributed by atoms with Gasteiger partial charge in [0.15, 0.2) is 0 Å². The van der Waals surface area contributed by atoms with Gasteiger partial charge in [0.2, 0.25) is 0 Å². The molecule has 6 nitrogen and oxygen atoms in total. The lowest BCUT2D eigenvalue weighted by Crippen LogP contribution is -2.41. The number of carbonyl (C=O) groups is 1. The zero-order valence-corrected chi connectivity index (χ0v) is 23.0. The van der Waals surface area contributed by atoms with Crippen LogP contribution in [0.1, 0.15) is 42.4 Å². The number of carbonyl (C=O) groups excluding carboxylic acids is 1. The molecule has 0 aliphatic heterocycles. The molecule has 0 fully saturated rings. The smallest absolute Gasteiger partial charge is 0.321 e. The van der Waals surface area contributed by atoms with Crippen molar-refractivity contribution < 1.29 is 9.53 Å². The Morgan fingerprint density at radius 1 is 0.921 bits per heavy atom. The molecule has 3 rings (SSSR count). The molecule has 3 aromatic carbocycles. The number of urea groups is 1. The number of rotatable bonds is 11. The van der Waals surface area contributed by atoms with E-state index in [2.05, 4.69) is 60.4 Å². The van der Waals surface area contributed by atoms with Gasteiger partial charge in [0.1, 0.15) is 5.75 Å². The molecule has 0 aliphatic rings. The van der Waals surface area contributed by atoms with Crippen LogP contribution >= 0.6 is 0 Å². The standard InChI is InChI=1S/C32H40N4O2/c1-25(33)9-8-22-36(32(37)34-30-18-20-31(38-4)21-19-30)24-29(23-35(2)3)28-16-14-27(15-17-28)13-12-26-10-6-5-7-11-26/h5-7,10-11,14-21,25,29H,8-9,22-24,33H2,1-4H3,(H,34,37)/t25?,29-/m0/s1. The Morgan fingerprint density at radius 3 is 2.13 bits per heavy atom. The molecule has 200 valence electrons. The SMILES string of the molecule is COc1ccc(NC(=O)N(CCCC(C)N)C[C@H](CN(C)C)c2ccc(C#Cc3ccccc3)cc2)cc1. The van der Waals surface area contributed by atoms with Gasteiger partial charge in [0.05, 0.1) is 7.11 Å². The number of nitrogens with zero attached hydrogens (tertiary/aromatic N) is 2. The van der Waals surface area contributed by atoms with E-state index in [9.17, 15) is 4.79 Å². The van der Waals surface area contributed by atoms with Gasteiger partial charge in [-0.3, -0.25) is 0 Å². The number of likely N-dealkylation sites (N-methyl/N-ethyl adjacent to an activating group) is 1. The van der Waals surface area contributed by atoms with Crippen LogP contribution in [0.15, 0.2) is 78.9 Å². The zero-order chi connectivity index (χ0) is 27.3. The molecule has 0 radical (unpaired) electrons. The normalized spacial score (nSPS) is 12.3. The monoisotopic (exact) mass is 512 g/mol. The molecule has 3 aromatic rings. The fourth-order valence-electron chi connectivity index (χ4n) is 4.24. The van der Waals surface area contributed by atoms with Crippen molar-refractivity contribution in [1.82, 2.24) is 9.80 Å². The molecule has 0 spiro atoms. The maximum atomic E-state index is 13.4. The van der Waals surface area contributed by atoms with Crippen molar-refractivity contribution in [3.8, 4) is 17.6 Å². The van der Waals surface area contributed by atoms with Gasteiger partial charge in [0.25, 0.3) is 0 Å². The van der Waals surface area contributed by atoms with Crippen LogP contribution in [0.2, 0.25) is 0 Å². The summed E-state index contributed by atoms with van der Waals surface area (Å²) in [6.45, 7) is 4.04. The van der Waals surface area contributed by atoms with Crippen molar-refractivity contribution in [3.05, 3.63) is 95.6 Å². The first-order valence-corrected chi connectivity index (χ1v) is 13.1. The minimum Gasteiger partial charge on any atom is -0.497 e. The average Bonchev–Trinajstić information content (AvgIpc) is 2.91. The number of hydrogen-bond donors (Lipinski definition) is 2. The summed E-state index contributed by atoms with van der Waals surface area (Å²) in [5.74, 6) is 7.35. The van der Waals surface area contributed by atoms with Crippen molar-refractivity contribution in [2.75, 3.05) is 46.2 Å². The number of ether oxygens (including phenoxy) is 1. The Hall–Kier alpha value is -3.79. The van der Waals surface area contributed by atoms with Gasteiger partial charge in [-0.2, -0.15) is 0 Å². The summed E-state index contributed by atoms with van der Waals surface area (Å²) < 4.78 is 5.23. The Bertz CT molecular complexity index is 1180. The van der Waals surface area contributed by atoms with Gasteiger partial charge in [-0.25, -0.2) is 4.79 Å². The van der Waals surface area contributed by atoms with Gasteiger partial charge in [-0.1, -0.05) is 42.2 Å². The van der Waals surface area contributed by atoms with Crippen LogP contribution in [-0.2, 0) is 0 Å². The van der Waals surface area contributed by atoms with Gasteiger partial charge in [-0.15, -0.1) is 0 Å². The van der Waals surface area contributed by atoms with Crippen LogP contribution in [0.5, 0.6) is 5.75 Å². The van der Waals surface area contributed by atoms with Gasteiger partial charge in [0, 0.05) is 48.4 Å². The largest absolute Gasteiger partial charge is 0.497 e. The number of methoxy groups -OCH3 is 1. The van der Waals surface area contributed by atoms with Crippen molar-refractivity contribution in [1.29, 1.82) is 0 Å². The minimum atomic E-state index is -0.117. The third-order valence-electron chi connectivity index (χ3n) is 6.25. The summed E-state index contributed by atoms with van der Waals surface area (Å²) in [5, 5.41) is 3.05. The van der Waals surface area contributed by atoms with E-state index in [1.807, 2.05) is 66.4 Å². The molecule has 0 aromatic heterocycles. The summed E-state index contributed by atoms with van der Waals surface area (Å²) in [6.07, 6.45) is 1.70. The molecule has 2 atom stereocenters. The van der Waals surface area contributed by atoms with E-state index in [1.54, 1.807) is 7.11 Å². The van der Waals surface area contributed by atoms with Gasteiger partial charge >= 0.3 is 6.03 Å². The minimum absolute atomic E-state index is 0.101. The Morgan fingerprint density at radius 2 is 1.55 bits per heavy atom. The van der Waals surface area contributed by atoms with Crippen LogP contribution in [0.4, 0.5) is 10.5 Å². The van der Waals surface area contributed by atoms with Crippen LogP contribution in [0.3, 0.4) is 0 Å². The average molecular weight is 513 g/mol. The quantitative estimate of drug-likeness (QED) is 0.338. The van der Waals surface area contributed by atoms with Crippen molar-refractivity contribution in [3.63, 3.8) is 0 Å². The molecule has 6 heteroatoms. The van der Waals surface area contributed by atoms with Crippen molar-refractivity contribution >= 4 is 11.7 Å². The molecule has 1 unspecified atom stereocenters. The fraction of sp³-hybridized carbons (Fsp3) is 0.344. The molecule has 38 heavy (non-hydrogen) atoms. The van der Waals surface area contributed by atoms with Crippen molar-refractivity contribution in [2.24, 2.45) is 5.73 Å². The third-order valence-corrected chi connectivity index (χ3v) is 6.25. The highest BCUT2D eigenvalue weighted by atomic mass is 16.5. The maximum Gasteiger partial charge on any atom is 0.321 e. The van der Waals surface area contributed by atoms with E-state index in [0.717, 1.165) is 42.0 Å². The van der Waals surface area contributed by atoms with Gasteiger partial charge < -0.3 is 25.6 Å². The molecular formula is C32H40N4O2. The lowest BCUT2D eigenvalue weighted by atomic mass is 9.96. The molecule has 0 saturated carbocycles. The second kappa shape index (κ2) is 14.8. The summed E-state index contributed by atoms with van der Waals surface area (Å²) in [4.78, 5) is 17.5. The first kappa shape index (κ1) is 28.8. The van der Waals surface area contributed by atoms with Crippen LogP contribution in [-0.4, -0.2) is 62.7 Å². The first-order chi connectivity index (χ1) is 18.3. The number of nitrogens with two attached hydrogens (primary N) is 1. The predicted molar refractivity (Wildman–Crippen MR) is 157 cm³/mol. The lowest BCUT2D eigenvalue weighted by Gasteiger charge is -2.30. The number of hydrogen-bond acceptors (Lipinski definition) is 4. The van der Waals surface area contributed by atoms with Gasteiger partial charge in [-0.05, 0) is 88.0 Å². The van der Waals surface area contributed by atoms with E-state index < -0.39 is 0 Å². The summed E-state index contributed by atoms with van der Waals surface area (Å²) >= 11 is 0. The predicted octanol–water partition coefficient (Wildman–Crippen LogP) is 5.40. The topological polar surface area (TPSA) is 70.8 Å². The first-order valence-electron chi connectivity index (χ1n) is 13.1. The number of anilines is 1. The Labute approximate surface area is 227 Å². The highest BCUT2D eigenvalue weighted by molar-refractivity contribution is 5.89. The summed E-state index contributed by atoms with van der Waals surface area (Å²) in [6, 6.07) is 25.7. The van der Waals surface area contributed by atoms with E-state index in [-0.39, 0.29) is 18.0 Å². The third kappa shape index (κ3) is 9.59. The highest BCUT2D eigenvalue weighted by Gasteiger charge is 2.21. The van der Waals surface area contributed by atoms with E-state index >= 15 is 0 Å². The van der Waals surface area contributed by atoms with E-state index in [0.29, 0.717) is 13.1 Å². The summed E-state index contributed by atoms with van der Waals surface area (Å²) in [5.41, 5.74) is 9.86. The Balaban J connectivity index is 1.77. The number of amides is 2. The summed E-state index contributed by atoms with van der Waals surface area (Å²) in [7, 11) is 5.75. The zero-order valence-electron chi connectivity index (χ0n) is 23.0. The van der Waals surface area contributed by atoms with Crippen molar-refractivity contribution in [2.45, 2.75) is 31.7 Å². The Kier molecular flexibility index (Phi) is 11.2. The van der Waals surface area contributed by atoms with E-state index in [4.69, 9.17) is 10.5 Å². The molecule has 0 saturated heterocycles. The van der Waals surface area contributed by atoms with Crippen LogP contribution < -0.4 is 15.8 Å². The molecule has 0 bridgehead atoms. The molecular weight excluding hydrogens is 472 g/mol. The second-order valence-corrected chi connectivity index (χ2v) is 9.92. The molecule has 2 amide bonds. The maximum absolute atomic E-state index is 13.4. The van der Waals surface area contributed by atoms with Crippen LogP contribution in [0, 0.1) is 11.8 Å².